The third-order valence-electron chi connectivity index (χ3n) is 2.84. The van der Waals surface area contributed by atoms with E-state index < -0.39 is 6.10 Å². The van der Waals surface area contributed by atoms with Crippen LogP contribution >= 0.6 is 0 Å². The van der Waals surface area contributed by atoms with Gasteiger partial charge in [-0.25, -0.2) is 0 Å². The van der Waals surface area contributed by atoms with Crippen LogP contribution < -0.4 is 10.1 Å². The van der Waals surface area contributed by atoms with Crippen LogP contribution in [0.4, 0.5) is 0 Å². The van der Waals surface area contributed by atoms with Crippen molar-refractivity contribution in [2.75, 3.05) is 6.61 Å². The molecular formula is C15H23NO3. The van der Waals surface area contributed by atoms with E-state index in [0.29, 0.717) is 5.75 Å². The van der Waals surface area contributed by atoms with Crippen LogP contribution in [0.2, 0.25) is 0 Å². The van der Waals surface area contributed by atoms with E-state index in [1.54, 1.807) is 25.1 Å². The Bertz CT molecular complexity index is 404. The number of rotatable bonds is 7. The highest BCUT2D eigenvalue weighted by Gasteiger charge is 2.08. The van der Waals surface area contributed by atoms with E-state index >= 15 is 0 Å². The van der Waals surface area contributed by atoms with Crippen LogP contribution in [0, 0.1) is 0 Å². The van der Waals surface area contributed by atoms with Gasteiger partial charge in [-0.2, -0.15) is 0 Å². The molecule has 1 unspecified atom stereocenters. The number of aliphatic hydroxyl groups is 1. The molecule has 0 saturated heterocycles. The smallest absolute Gasteiger partial charge is 0.258 e. The van der Waals surface area contributed by atoms with Crippen molar-refractivity contribution in [1.29, 1.82) is 0 Å². The molecule has 1 rings (SSSR count). The molecule has 4 nitrogen and oxygen atoms in total. The van der Waals surface area contributed by atoms with Crippen molar-refractivity contribution in [2.45, 2.75) is 45.8 Å². The molecule has 0 spiro atoms. The Balaban J connectivity index is 2.43. The van der Waals surface area contributed by atoms with E-state index in [2.05, 4.69) is 12.2 Å². The number of hydrogen-bond donors (Lipinski definition) is 2. The first-order valence-electron chi connectivity index (χ1n) is 6.73. The number of carbonyl (C=O) groups excluding carboxylic acids is 1. The van der Waals surface area contributed by atoms with Crippen LogP contribution in [0.15, 0.2) is 24.3 Å². The number of carbonyl (C=O) groups is 1. The van der Waals surface area contributed by atoms with Crippen molar-refractivity contribution >= 4 is 5.91 Å². The lowest BCUT2D eigenvalue weighted by Crippen LogP contribution is -2.35. The van der Waals surface area contributed by atoms with Gasteiger partial charge in [0.25, 0.3) is 5.91 Å². The fourth-order valence-corrected chi connectivity index (χ4v) is 1.83. The molecule has 1 aromatic carbocycles. The molecule has 0 aromatic heterocycles. The second-order valence-electron chi connectivity index (χ2n) is 4.79. The summed E-state index contributed by atoms with van der Waals surface area (Å²) in [5, 5.41) is 12.3. The summed E-state index contributed by atoms with van der Waals surface area (Å²) in [5.74, 6) is 0.472. The summed E-state index contributed by atoms with van der Waals surface area (Å²) in [7, 11) is 0. The fourth-order valence-electron chi connectivity index (χ4n) is 1.83. The number of nitrogens with one attached hydrogen (secondary N) is 1. The Kier molecular flexibility index (Phi) is 6.36. The van der Waals surface area contributed by atoms with Gasteiger partial charge < -0.3 is 15.2 Å². The largest absolute Gasteiger partial charge is 0.484 e. The van der Waals surface area contributed by atoms with Crippen LogP contribution in [0.25, 0.3) is 0 Å². The van der Waals surface area contributed by atoms with Gasteiger partial charge in [0, 0.05) is 6.04 Å². The molecule has 19 heavy (non-hydrogen) atoms. The first-order chi connectivity index (χ1) is 9.02. The van der Waals surface area contributed by atoms with E-state index in [1.165, 1.54) is 0 Å². The van der Waals surface area contributed by atoms with Gasteiger partial charge in [-0.3, -0.25) is 4.79 Å². The lowest BCUT2D eigenvalue weighted by molar-refractivity contribution is -0.123. The first-order valence-corrected chi connectivity index (χ1v) is 6.73. The van der Waals surface area contributed by atoms with Gasteiger partial charge in [0.15, 0.2) is 6.61 Å². The van der Waals surface area contributed by atoms with Gasteiger partial charge in [-0.05, 0) is 38.0 Å². The topological polar surface area (TPSA) is 58.6 Å². The zero-order chi connectivity index (χ0) is 14.3. The van der Waals surface area contributed by atoms with Gasteiger partial charge in [-0.15, -0.1) is 0 Å². The molecule has 0 radical (unpaired) electrons. The van der Waals surface area contributed by atoms with Crippen molar-refractivity contribution in [2.24, 2.45) is 0 Å². The molecule has 2 atom stereocenters. The maximum Gasteiger partial charge on any atom is 0.258 e. The summed E-state index contributed by atoms with van der Waals surface area (Å²) in [4.78, 5) is 11.6. The van der Waals surface area contributed by atoms with Crippen molar-refractivity contribution < 1.29 is 14.6 Å². The standard InChI is InChI=1S/C15H23NO3/c1-4-6-11(2)16-15(18)10-19-14-8-5-7-13(9-14)12(3)17/h5,7-9,11-12,17H,4,6,10H2,1-3H3,(H,16,18)/t11?,12-/m0/s1. The van der Waals surface area contributed by atoms with Crippen molar-refractivity contribution in [3.8, 4) is 5.75 Å². The van der Waals surface area contributed by atoms with Crippen LogP contribution in [-0.2, 0) is 4.79 Å². The van der Waals surface area contributed by atoms with Crippen molar-refractivity contribution in [1.82, 2.24) is 5.32 Å². The Morgan fingerprint density at radius 2 is 2.16 bits per heavy atom. The number of hydrogen-bond acceptors (Lipinski definition) is 3. The maximum absolute atomic E-state index is 11.6. The lowest BCUT2D eigenvalue weighted by atomic mass is 10.1. The van der Waals surface area contributed by atoms with E-state index in [0.717, 1.165) is 18.4 Å². The van der Waals surface area contributed by atoms with Crippen LogP contribution in [0.3, 0.4) is 0 Å². The van der Waals surface area contributed by atoms with Gasteiger partial charge in [0.2, 0.25) is 0 Å². The van der Waals surface area contributed by atoms with Gasteiger partial charge in [0.05, 0.1) is 6.10 Å². The second-order valence-corrected chi connectivity index (χ2v) is 4.79. The molecule has 0 aliphatic rings. The molecule has 1 amide bonds. The van der Waals surface area contributed by atoms with Crippen LogP contribution in [0.1, 0.15) is 45.3 Å². The summed E-state index contributed by atoms with van der Waals surface area (Å²) in [6, 6.07) is 7.31. The quantitative estimate of drug-likeness (QED) is 0.796. The molecule has 0 saturated carbocycles. The Hall–Kier alpha value is -1.55. The zero-order valence-electron chi connectivity index (χ0n) is 11.8. The fraction of sp³-hybridized carbons (Fsp3) is 0.533. The monoisotopic (exact) mass is 265 g/mol. The van der Waals surface area contributed by atoms with E-state index in [1.807, 2.05) is 13.0 Å². The molecular weight excluding hydrogens is 242 g/mol. The normalized spacial score (nSPS) is 13.7. The Labute approximate surface area is 114 Å². The Morgan fingerprint density at radius 1 is 1.42 bits per heavy atom. The Morgan fingerprint density at radius 3 is 2.79 bits per heavy atom. The molecule has 0 fully saturated rings. The molecule has 0 bridgehead atoms. The molecule has 0 aliphatic heterocycles. The van der Waals surface area contributed by atoms with E-state index in [-0.39, 0.29) is 18.6 Å². The number of aliphatic hydroxyl groups excluding tert-OH is 1. The average Bonchev–Trinajstić information content (AvgIpc) is 2.37. The van der Waals surface area contributed by atoms with Gasteiger partial charge >= 0.3 is 0 Å². The van der Waals surface area contributed by atoms with Crippen LogP contribution in [0.5, 0.6) is 5.75 Å². The molecule has 1 aromatic rings. The van der Waals surface area contributed by atoms with Gasteiger partial charge in [-0.1, -0.05) is 25.5 Å². The number of ether oxygens (including phenoxy) is 1. The van der Waals surface area contributed by atoms with E-state index in [4.69, 9.17) is 4.74 Å². The van der Waals surface area contributed by atoms with Crippen molar-refractivity contribution in [3.63, 3.8) is 0 Å². The maximum atomic E-state index is 11.6. The predicted octanol–water partition coefficient (Wildman–Crippen LogP) is 2.42. The minimum Gasteiger partial charge on any atom is -0.484 e. The molecule has 0 heterocycles. The molecule has 4 heteroatoms. The highest BCUT2D eigenvalue weighted by Crippen LogP contribution is 2.18. The minimum atomic E-state index is -0.540. The molecule has 0 aliphatic carbocycles. The summed E-state index contributed by atoms with van der Waals surface area (Å²) in [6.07, 6.45) is 1.46. The second kappa shape index (κ2) is 7.79. The minimum absolute atomic E-state index is 0.00266. The van der Waals surface area contributed by atoms with Crippen LogP contribution in [-0.4, -0.2) is 23.7 Å². The third kappa shape index (κ3) is 5.75. The zero-order valence-corrected chi connectivity index (χ0v) is 11.8. The number of amides is 1. The highest BCUT2D eigenvalue weighted by atomic mass is 16.5. The summed E-state index contributed by atoms with van der Waals surface area (Å²) < 4.78 is 5.41. The van der Waals surface area contributed by atoms with Crippen molar-refractivity contribution in [3.05, 3.63) is 29.8 Å². The summed E-state index contributed by atoms with van der Waals surface area (Å²) >= 11 is 0. The first kappa shape index (κ1) is 15.5. The lowest BCUT2D eigenvalue weighted by Gasteiger charge is -2.13. The highest BCUT2D eigenvalue weighted by molar-refractivity contribution is 5.77. The molecule has 2 N–H and O–H groups in total. The average molecular weight is 265 g/mol. The SMILES string of the molecule is CCCC(C)NC(=O)COc1cccc([C@H](C)O)c1. The molecule has 106 valence electrons. The summed E-state index contributed by atoms with van der Waals surface area (Å²) in [6.45, 7) is 5.76. The third-order valence-corrected chi connectivity index (χ3v) is 2.84. The number of benzene rings is 1. The predicted molar refractivity (Wildman–Crippen MR) is 75.1 cm³/mol. The summed E-state index contributed by atoms with van der Waals surface area (Å²) in [5.41, 5.74) is 0.775. The van der Waals surface area contributed by atoms with Gasteiger partial charge in [0.1, 0.15) is 5.75 Å². The van der Waals surface area contributed by atoms with E-state index in [9.17, 15) is 9.90 Å².